The summed E-state index contributed by atoms with van der Waals surface area (Å²) in [6.07, 6.45) is 5.60. The summed E-state index contributed by atoms with van der Waals surface area (Å²) in [5, 5.41) is 8.09. The Morgan fingerprint density at radius 1 is 1.10 bits per heavy atom. The van der Waals surface area contributed by atoms with E-state index in [0.717, 1.165) is 43.7 Å². The number of anilines is 2. The molecule has 1 saturated heterocycles. The van der Waals surface area contributed by atoms with Crippen molar-refractivity contribution < 1.29 is 4.42 Å². The zero-order valence-electron chi connectivity index (χ0n) is 16.0. The van der Waals surface area contributed by atoms with Gasteiger partial charge in [-0.05, 0) is 37.1 Å². The van der Waals surface area contributed by atoms with Crippen LogP contribution in [0.3, 0.4) is 0 Å². The second kappa shape index (κ2) is 7.56. The Balaban J connectivity index is 1.29. The Labute approximate surface area is 168 Å². The highest BCUT2D eigenvalue weighted by Gasteiger charge is 2.21. The second-order valence-corrected chi connectivity index (χ2v) is 7.35. The number of hydrogen-bond acceptors (Lipinski definition) is 7. The molecule has 0 radical (unpaired) electrons. The zero-order valence-corrected chi connectivity index (χ0v) is 16.0. The minimum Gasteiger partial charge on any atom is -0.461 e. The smallest absolute Gasteiger partial charge is 0.223 e. The Morgan fingerprint density at radius 2 is 1.93 bits per heavy atom. The van der Waals surface area contributed by atoms with E-state index in [0.29, 0.717) is 23.6 Å². The average Bonchev–Trinajstić information content (AvgIpc) is 3.43. The van der Waals surface area contributed by atoms with Gasteiger partial charge in [-0.2, -0.15) is 4.52 Å². The lowest BCUT2D eigenvalue weighted by atomic mass is 10.0. The number of nitrogens with one attached hydrogen (secondary N) is 1. The maximum Gasteiger partial charge on any atom is 0.223 e. The molecule has 1 aliphatic rings. The van der Waals surface area contributed by atoms with E-state index in [1.54, 1.807) is 17.0 Å². The number of aromatic nitrogens is 4. The van der Waals surface area contributed by atoms with Crippen molar-refractivity contribution in [3.05, 3.63) is 60.5 Å². The molecular formula is C21H23N7O. The first-order chi connectivity index (χ1) is 14.3. The van der Waals surface area contributed by atoms with Crippen LogP contribution >= 0.6 is 0 Å². The third-order valence-corrected chi connectivity index (χ3v) is 5.33. The average molecular weight is 389 g/mol. The van der Waals surface area contributed by atoms with Gasteiger partial charge in [0.1, 0.15) is 0 Å². The Hall–Kier alpha value is -3.39. The monoisotopic (exact) mass is 389 g/mol. The van der Waals surface area contributed by atoms with Gasteiger partial charge in [0, 0.05) is 43.1 Å². The van der Waals surface area contributed by atoms with Crippen molar-refractivity contribution in [3.8, 4) is 11.6 Å². The van der Waals surface area contributed by atoms with Crippen LogP contribution in [0.5, 0.6) is 0 Å². The summed E-state index contributed by atoms with van der Waals surface area (Å²) in [5.74, 6) is 1.45. The molecule has 3 aromatic heterocycles. The van der Waals surface area contributed by atoms with Crippen LogP contribution < -0.4 is 11.1 Å². The number of nitrogen functional groups attached to an aromatic ring is 1. The molecule has 0 atom stereocenters. The maximum atomic E-state index is 6.01. The van der Waals surface area contributed by atoms with Gasteiger partial charge in [-0.15, -0.1) is 5.10 Å². The van der Waals surface area contributed by atoms with Gasteiger partial charge in [0.05, 0.1) is 6.26 Å². The van der Waals surface area contributed by atoms with E-state index >= 15 is 0 Å². The van der Waals surface area contributed by atoms with E-state index in [1.807, 2.05) is 18.2 Å². The van der Waals surface area contributed by atoms with Crippen LogP contribution in [0.15, 0.2) is 59.3 Å². The number of furan rings is 1. The molecule has 8 heteroatoms. The highest BCUT2D eigenvalue weighted by Crippen LogP contribution is 2.22. The molecule has 1 fully saturated rings. The highest BCUT2D eigenvalue weighted by atomic mass is 16.3. The Morgan fingerprint density at radius 3 is 2.69 bits per heavy atom. The Kier molecular flexibility index (Phi) is 4.61. The first-order valence-corrected chi connectivity index (χ1v) is 9.84. The molecule has 29 heavy (non-hydrogen) atoms. The standard InChI is InChI=1S/C21H23N7O/c22-21-23-13-15(20-25-19(26-28(20)21)18-7-4-12-29-18)14-27-10-8-17(9-11-27)24-16-5-2-1-3-6-16/h1-7,12-13,17,24H,8-11,14H2,(H2,22,23). The van der Waals surface area contributed by atoms with Crippen LogP contribution in [0.2, 0.25) is 0 Å². The minimum atomic E-state index is 0.319. The second-order valence-electron chi connectivity index (χ2n) is 7.35. The fourth-order valence-electron chi connectivity index (χ4n) is 3.80. The van der Waals surface area contributed by atoms with Gasteiger partial charge in [0.2, 0.25) is 11.8 Å². The number of nitrogens with two attached hydrogens (primary N) is 1. The summed E-state index contributed by atoms with van der Waals surface area (Å²) in [7, 11) is 0. The van der Waals surface area contributed by atoms with Crippen LogP contribution in [-0.2, 0) is 6.54 Å². The lowest BCUT2D eigenvalue weighted by Gasteiger charge is -2.32. The van der Waals surface area contributed by atoms with Crippen molar-refractivity contribution in [1.82, 2.24) is 24.5 Å². The molecule has 0 unspecified atom stereocenters. The van der Waals surface area contributed by atoms with Gasteiger partial charge in [-0.1, -0.05) is 18.2 Å². The van der Waals surface area contributed by atoms with Crippen molar-refractivity contribution in [2.75, 3.05) is 24.1 Å². The molecule has 148 valence electrons. The van der Waals surface area contributed by atoms with Gasteiger partial charge in [0.15, 0.2) is 11.4 Å². The van der Waals surface area contributed by atoms with E-state index in [4.69, 9.17) is 10.2 Å². The van der Waals surface area contributed by atoms with E-state index in [-0.39, 0.29) is 0 Å². The molecule has 0 bridgehead atoms. The molecule has 4 heterocycles. The summed E-state index contributed by atoms with van der Waals surface area (Å²) in [6.45, 7) is 2.80. The molecule has 0 spiro atoms. The van der Waals surface area contributed by atoms with Gasteiger partial charge in [-0.25, -0.2) is 9.97 Å². The van der Waals surface area contributed by atoms with Crippen molar-refractivity contribution in [1.29, 1.82) is 0 Å². The molecule has 4 aromatic rings. The Bertz CT molecular complexity index is 1080. The number of piperidine rings is 1. The number of likely N-dealkylation sites (tertiary alicyclic amines) is 1. The summed E-state index contributed by atoms with van der Waals surface area (Å²) in [4.78, 5) is 11.4. The van der Waals surface area contributed by atoms with Crippen LogP contribution in [0.1, 0.15) is 18.4 Å². The van der Waals surface area contributed by atoms with E-state index in [1.165, 1.54) is 5.69 Å². The topological polar surface area (TPSA) is 97.5 Å². The minimum absolute atomic E-state index is 0.319. The quantitative estimate of drug-likeness (QED) is 0.541. The number of para-hydroxylation sites is 1. The van der Waals surface area contributed by atoms with E-state index in [9.17, 15) is 0 Å². The van der Waals surface area contributed by atoms with Crippen molar-refractivity contribution >= 4 is 17.3 Å². The molecular weight excluding hydrogens is 366 g/mol. The SMILES string of the molecule is Nc1ncc(CN2CCC(Nc3ccccc3)CC2)c2nc(-c3ccco3)nn12. The van der Waals surface area contributed by atoms with Crippen molar-refractivity contribution in [2.24, 2.45) is 0 Å². The maximum absolute atomic E-state index is 6.01. The number of nitrogens with zero attached hydrogens (tertiary/aromatic N) is 5. The zero-order chi connectivity index (χ0) is 19.6. The summed E-state index contributed by atoms with van der Waals surface area (Å²) in [6, 6.07) is 14.5. The first kappa shape index (κ1) is 17.7. The highest BCUT2D eigenvalue weighted by molar-refractivity contribution is 5.57. The molecule has 1 aromatic carbocycles. The summed E-state index contributed by atoms with van der Waals surface area (Å²) in [5.41, 5.74) is 8.94. The van der Waals surface area contributed by atoms with E-state index in [2.05, 4.69) is 49.5 Å². The number of hydrogen-bond donors (Lipinski definition) is 2. The van der Waals surface area contributed by atoms with Crippen LogP contribution in [0.25, 0.3) is 17.2 Å². The number of benzene rings is 1. The molecule has 0 amide bonds. The lowest BCUT2D eigenvalue weighted by molar-refractivity contribution is 0.211. The van der Waals surface area contributed by atoms with Gasteiger partial charge >= 0.3 is 0 Å². The van der Waals surface area contributed by atoms with Gasteiger partial charge < -0.3 is 15.5 Å². The van der Waals surface area contributed by atoms with Crippen molar-refractivity contribution in [2.45, 2.75) is 25.4 Å². The fourth-order valence-corrected chi connectivity index (χ4v) is 3.80. The van der Waals surface area contributed by atoms with Crippen LogP contribution in [0, 0.1) is 0 Å². The summed E-state index contributed by atoms with van der Waals surface area (Å²) >= 11 is 0. The summed E-state index contributed by atoms with van der Waals surface area (Å²) < 4.78 is 7.02. The third-order valence-electron chi connectivity index (χ3n) is 5.33. The lowest BCUT2D eigenvalue weighted by Crippen LogP contribution is -2.38. The van der Waals surface area contributed by atoms with Crippen molar-refractivity contribution in [3.63, 3.8) is 0 Å². The largest absolute Gasteiger partial charge is 0.461 e. The number of rotatable bonds is 5. The first-order valence-electron chi connectivity index (χ1n) is 9.84. The van der Waals surface area contributed by atoms with Crippen LogP contribution in [0.4, 0.5) is 11.6 Å². The number of fused-ring (bicyclic) bond motifs is 1. The third kappa shape index (κ3) is 3.66. The fraction of sp³-hybridized carbons (Fsp3) is 0.286. The molecule has 5 rings (SSSR count). The normalized spacial score (nSPS) is 15.7. The van der Waals surface area contributed by atoms with Crippen LogP contribution in [-0.4, -0.2) is 43.6 Å². The molecule has 8 nitrogen and oxygen atoms in total. The molecule has 3 N–H and O–H groups in total. The van der Waals surface area contributed by atoms with Gasteiger partial charge in [-0.3, -0.25) is 4.90 Å². The van der Waals surface area contributed by atoms with Gasteiger partial charge in [0.25, 0.3) is 0 Å². The van der Waals surface area contributed by atoms with E-state index < -0.39 is 0 Å². The molecule has 0 aliphatic carbocycles. The predicted molar refractivity (Wildman–Crippen MR) is 111 cm³/mol. The molecule has 1 aliphatic heterocycles. The molecule has 0 saturated carbocycles. The predicted octanol–water partition coefficient (Wildman–Crippen LogP) is 3.04.